The molecule has 0 aliphatic rings. The predicted molar refractivity (Wildman–Crippen MR) is 103 cm³/mol. The fraction of sp³-hybridized carbons (Fsp3) is 0.200. The van der Waals surface area contributed by atoms with Gasteiger partial charge in [0.15, 0.2) is 0 Å². The van der Waals surface area contributed by atoms with E-state index in [0.29, 0.717) is 17.0 Å². The van der Waals surface area contributed by atoms with Crippen LogP contribution in [0.1, 0.15) is 22.8 Å². The summed E-state index contributed by atoms with van der Waals surface area (Å²) in [7, 11) is 0. The van der Waals surface area contributed by atoms with E-state index < -0.39 is 24.0 Å². The first kappa shape index (κ1) is 20.8. The number of hydroxylamine groups is 1. The Morgan fingerprint density at radius 1 is 1.14 bits per heavy atom. The lowest BCUT2D eigenvalue weighted by molar-refractivity contribution is -0.133. The first-order valence-electron chi connectivity index (χ1n) is 8.41. The summed E-state index contributed by atoms with van der Waals surface area (Å²) in [6, 6.07) is 12.1. The van der Waals surface area contributed by atoms with Crippen LogP contribution in [0.15, 0.2) is 48.5 Å². The van der Waals surface area contributed by atoms with Gasteiger partial charge in [0.05, 0.1) is 6.10 Å². The second-order valence-electron chi connectivity index (χ2n) is 5.90. The first-order chi connectivity index (χ1) is 13.4. The highest BCUT2D eigenvalue weighted by Crippen LogP contribution is 2.12. The van der Waals surface area contributed by atoms with Gasteiger partial charge in [0, 0.05) is 16.8 Å². The zero-order valence-electron chi connectivity index (χ0n) is 15.2. The molecule has 146 valence electrons. The lowest BCUT2D eigenvalue weighted by Gasteiger charge is -2.19. The molecule has 28 heavy (non-hydrogen) atoms. The second kappa shape index (κ2) is 9.97. The van der Waals surface area contributed by atoms with E-state index in [1.807, 2.05) is 0 Å². The molecule has 0 unspecified atom stereocenters. The molecule has 0 aliphatic heterocycles. The maximum absolute atomic E-state index is 12.2. The zero-order valence-corrected chi connectivity index (χ0v) is 15.2. The minimum atomic E-state index is -1.28. The summed E-state index contributed by atoms with van der Waals surface area (Å²) in [6.07, 6.45) is -1.18. The Morgan fingerprint density at radius 2 is 1.79 bits per heavy atom. The number of aliphatic hydroxyl groups excluding tert-OH is 1. The highest BCUT2D eigenvalue weighted by molar-refractivity contribution is 5.97. The normalized spacial score (nSPS) is 12.1. The molecular weight excluding hydrogens is 362 g/mol. The number of hydrogen-bond acceptors (Lipinski definition) is 6. The molecule has 6 N–H and O–H groups in total. The highest BCUT2D eigenvalue weighted by Gasteiger charge is 2.25. The number of carbonyl (C=O) groups excluding carboxylic acids is 2. The van der Waals surface area contributed by atoms with Gasteiger partial charge in [-0.2, -0.15) is 0 Å². The van der Waals surface area contributed by atoms with Crippen molar-refractivity contribution in [3.8, 4) is 17.6 Å². The Bertz CT molecular complexity index is 867. The minimum Gasteiger partial charge on any atom is -0.481 e. The van der Waals surface area contributed by atoms with Crippen molar-refractivity contribution < 1.29 is 24.6 Å². The van der Waals surface area contributed by atoms with Gasteiger partial charge in [-0.1, -0.05) is 11.8 Å². The van der Waals surface area contributed by atoms with E-state index in [0.717, 1.165) is 0 Å². The Hall–Kier alpha value is -3.54. The number of nitrogens with two attached hydrogens (primary N) is 1. The van der Waals surface area contributed by atoms with Gasteiger partial charge >= 0.3 is 0 Å². The topological polar surface area (TPSA) is 134 Å². The molecule has 0 spiro atoms. The van der Waals surface area contributed by atoms with Gasteiger partial charge in [-0.15, -0.1) is 0 Å². The van der Waals surface area contributed by atoms with Crippen molar-refractivity contribution >= 4 is 17.5 Å². The molecule has 0 saturated heterocycles. The van der Waals surface area contributed by atoms with Crippen LogP contribution in [0, 0.1) is 11.8 Å². The first-order valence-corrected chi connectivity index (χ1v) is 8.41. The largest absolute Gasteiger partial charge is 0.481 e. The van der Waals surface area contributed by atoms with Crippen molar-refractivity contribution in [2.75, 3.05) is 12.3 Å². The molecule has 0 aromatic heterocycles. The van der Waals surface area contributed by atoms with Crippen molar-refractivity contribution in [1.29, 1.82) is 0 Å². The Balaban J connectivity index is 1.93. The van der Waals surface area contributed by atoms with E-state index in [2.05, 4.69) is 17.2 Å². The van der Waals surface area contributed by atoms with E-state index in [1.165, 1.54) is 24.5 Å². The van der Waals surface area contributed by atoms with Crippen molar-refractivity contribution in [2.24, 2.45) is 0 Å². The minimum absolute atomic E-state index is 0.193. The molecule has 8 nitrogen and oxygen atoms in total. The molecule has 2 aromatic rings. The number of carbonyl (C=O) groups is 2. The summed E-state index contributed by atoms with van der Waals surface area (Å²) < 4.78 is 5.47. The average molecular weight is 383 g/mol. The van der Waals surface area contributed by atoms with Crippen LogP contribution in [-0.2, 0) is 4.79 Å². The molecule has 2 amide bonds. The van der Waals surface area contributed by atoms with Gasteiger partial charge in [0.25, 0.3) is 11.8 Å². The standard InChI is InChI=1S/C20H21N3O5/c1-13(24)18(20(26)23-27)22-19(25)15-6-4-14(5-7-15)3-2-12-28-17-10-8-16(21)9-11-17/h4-11,13,18,24,27H,12,21H2,1H3,(H,22,25)(H,23,26)/t13-,18+/m1/s1. The molecule has 0 heterocycles. The number of hydrogen-bond donors (Lipinski definition) is 5. The molecule has 0 aliphatic carbocycles. The number of rotatable bonds is 6. The summed E-state index contributed by atoms with van der Waals surface area (Å²) in [5.41, 5.74) is 8.61. The fourth-order valence-corrected chi connectivity index (χ4v) is 2.23. The van der Waals surface area contributed by atoms with Gasteiger partial charge in [-0.3, -0.25) is 14.8 Å². The number of aliphatic hydroxyl groups is 1. The molecule has 2 atom stereocenters. The van der Waals surface area contributed by atoms with Crippen molar-refractivity contribution in [2.45, 2.75) is 19.1 Å². The van der Waals surface area contributed by atoms with E-state index in [1.54, 1.807) is 36.4 Å². The quantitative estimate of drug-likeness (QED) is 0.216. The number of benzene rings is 2. The Kier molecular flexibility index (Phi) is 7.39. The third-order valence-corrected chi connectivity index (χ3v) is 3.73. The average Bonchev–Trinajstić information content (AvgIpc) is 2.70. The van der Waals surface area contributed by atoms with Crippen LogP contribution >= 0.6 is 0 Å². The lowest BCUT2D eigenvalue weighted by Crippen LogP contribution is -2.51. The van der Waals surface area contributed by atoms with E-state index in [-0.39, 0.29) is 12.2 Å². The van der Waals surface area contributed by atoms with Gasteiger partial charge in [0.2, 0.25) is 0 Å². The van der Waals surface area contributed by atoms with Crippen LogP contribution in [0.3, 0.4) is 0 Å². The third kappa shape index (κ3) is 6.02. The van der Waals surface area contributed by atoms with Gasteiger partial charge in [-0.05, 0) is 55.5 Å². The molecule has 8 heteroatoms. The molecule has 2 aromatic carbocycles. The van der Waals surface area contributed by atoms with Gasteiger partial charge in [-0.25, -0.2) is 5.48 Å². The van der Waals surface area contributed by atoms with Crippen molar-refractivity contribution in [1.82, 2.24) is 10.8 Å². The fourth-order valence-electron chi connectivity index (χ4n) is 2.23. The summed E-state index contributed by atoms with van der Waals surface area (Å²) in [5, 5.41) is 20.6. The molecule has 0 radical (unpaired) electrons. The summed E-state index contributed by atoms with van der Waals surface area (Å²) in [4.78, 5) is 23.7. The maximum Gasteiger partial charge on any atom is 0.268 e. The predicted octanol–water partition coefficient (Wildman–Crippen LogP) is 0.684. The number of ether oxygens (including phenoxy) is 1. The zero-order chi connectivity index (χ0) is 20.5. The van der Waals surface area contributed by atoms with Crippen LogP contribution < -0.4 is 21.3 Å². The van der Waals surface area contributed by atoms with Crippen LogP contribution in [-0.4, -0.2) is 40.9 Å². The third-order valence-electron chi connectivity index (χ3n) is 3.73. The monoisotopic (exact) mass is 383 g/mol. The number of nitrogen functional groups attached to an aromatic ring is 1. The van der Waals surface area contributed by atoms with Crippen molar-refractivity contribution in [3.05, 3.63) is 59.7 Å². The SMILES string of the molecule is C[C@@H](O)[C@H](NC(=O)c1ccc(C#CCOc2ccc(N)cc2)cc1)C(=O)NO. The van der Waals surface area contributed by atoms with E-state index in [9.17, 15) is 14.7 Å². The smallest absolute Gasteiger partial charge is 0.268 e. The van der Waals surface area contributed by atoms with Crippen LogP contribution in [0.25, 0.3) is 0 Å². The molecule has 2 rings (SSSR count). The Labute approximate surface area is 162 Å². The molecule has 0 saturated carbocycles. The number of anilines is 1. The van der Waals surface area contributed by atoms with Gasteiger partial charge < -0.3 is 20.9 Å². The molecular formula is C20H21N3O5. The summed E-state index contributed by atoms with van der Waals surface area (Å²) in [5.74, 6) is 4.96. The molecule has 0 bridgehead atoms. The highest BCUT2D eigenvalue weighted by atomic mass is 16.5. The summed E-state index contributed by atoms with van der Waals surface area (Å²) >= 11 is 0. The van der Waals surface area contributed by atoms with Crippen LogP contribution in [0.5, 0.6) is 5.75 Å². The molecule has 0 fully saturated rings. The van der Waals surface area contributed by atoms with E-state index >= 15 is 0 Å². The lowest BCUT2D eigenvalue weighted by atomic mass is 10.1. The van der Waals surface area contributed by atoms with Crippen LogP contribution in [0.2, 0.25) is 0 Å². The maximum atomic E-state index is 12.2. The second-order valence-corrected chi connectivity index (χ2v) is 5.90. The Morgan fingerprint density at radius 3 is 2.36 bits per heavy atom. The number of amides is 2. The van der Waals surface area contributed by atoms with Gasteiger partial charge in [0.1, 0.15) is 18.4 Å². The summed E-state index contributed by atoms with van der Waals surface area (Å²) in [6.45, 7) is 1.52. The van der Waals surface area contributed by atoms with Crippen molar-refractivity contribution in [3.63, 3.8) is 0 Å². The number of nitrogens with one attached hydrogen (secondary N) is 2. The van der Waals surface area contributed by atoms with E-state index in [4.69, 9.17) is 15.7 Å². The van der Waals surface area contributed by atoms with Crippen LogP contribution in [0.4, 0.5) is 5.69 Å².